The number of benzene rings is 2. The Balaban J connectivity index is 1.33. The van der Waals surface area contributed by atoms with Crippen molar-refractivity contribution in [2.45, 2.75) is 44.1 Å². The Kier molecular flexibility index (Phi) is 7.69. The van der Waals surface area contributed by atoms with Gasteiger partial charge in [-0.25, -0.2) is 0 Å². The van der Waals surface area contributed by atoms with E-state index in [4.69, 9.17) is 4.74 Å². The van der Waals surface area contributed by atoms with E-state index in [2.05, 4.69) is 55.8 Å². The first-order valence-electron chi connectivity index (χ1n) is 12.4. The minimum absolute atomic E-state index is 0.153. The lowest BCUT2D eigenvalue weighted by Crippen LogP contribution is -2.40. The summed E-state index contributed by atoms with van der Waals surface area (Å²) in [6, 6.07) is 20.9. The van der Waals surface area contributed by atoms with E-state index in [1.165, 1.54) is 35.7 Å². The molecule has 1 saturated heterocycles. The van der Waals surface area contributed by atoms with Crippen LogP contribution >= 0.6 is 11.8 Å². The molecule has 0 N–H and O–H groups in total. The first kappa shape index (κ1) is 23.9. The third kappa shape index (κ3) is 6.05. The van der Waals surface area contributed by atoms with Crippen LogP contribution in [0, 0.1) is 5.92 Å². The highest BCUT2D eigenvalue weighted by atomic mass is 32.2. The molecule has 184 valence electrons. The number of thioether (sulfide) groups is 1. The van der Waals surface area contributed by atoms with Gasteiger partial charge < -0.3 is 14.5 Å². The van der Waals surface area contributed by atoms with Crippen LogP contribution in [0.1, 0.15) is 30.9 Å². The highest BCUT2D eigenvalue weighted by molar-refractivity contribution is 7.99. The predicted octanol–water partition coefficient (Wildman–Crippen LogP) is 4.08. The van der Waals surface area contributed by atoms with Crippen molar-refractivity contribution in [2.75, 3.05) is 37.0 Å². The number of amides is 1. The van der Waals surface area contributed by atoms with Crippen LogP contribution in [0.15, 0.2) is 65.8 Å². The maximum atomic E-state index is 13.5. The van der Waals surface area contributed by atoms with Crippen LogP contribution in [0.3, 0.4) is 0 Å². The molecule has 2 fully saturated rings. The van der Waals surface area contributed by atoms with E-state index in [0.717, 1.165) is 24.2 Å². The predicted molar refractivity (Wildman–Crippen MR) is 138 cm³/mol. The van der Waals surface area contributed by atoms with Crippen molar-refractivity contribution in [3.8, 4) is 0 Å². The summed E-state index contributed by atoms with van der Waals surface area (Å²) in [5.74, 6) is 1.96. The summed E-state index contributed by atoms with van der Waals surface area (Å²) in [6.45, 7) is 6.47. The van der Waals surface area contributed by atoms with Crippen LogP contribution in [-0.2, 0) is 22.6 Å². The molecule has 1 amide bonds. The number of carbonyl (C=O) groups is 1. The zero-order chi connectivity index (χ0) is 24.0. The molecule has 7 nitrogen and oxygen atoms in total. The summed E-state index contributed by atoms with van der Waals surface area (Å²) in [7, 11) is 0. The fourth-order valence-corrected chi connectivity index (χ4v) is 5.39. The normalized spacial score (nSPS) is 16.8. The van der Waals surface area contributed by atoms with Gasteiger partial charge in [0.2, 0.25) is 11.9 Å². The van der Waals surface area contributed by atoms with Gasteiger partial charge in [-0.1, -0.05) is 72.4 Å². The van der Waals surface area contributed by atoms with Gasteiger partial charge in [0.05, 0.1) is 25.5 Å². The van der Waals surface area contributed by atoms with Gasteiger partial charge >= 0.3 is 0 Å². The molecular formula is C27H33N5O2S. The summed E-state index contributed by atoms with van der Waals surface area (Å²) < 4.78 is 7.68. The Morgan fingerprint density at radius 3 is 2.34 bits per heavy atom. The lowest BCUT2D eigenvalue weighted by atomic mass is 10.1. The van der Waals surface area contributed by atoms with Crippen LogP contribution < -0.4 is 4.90 Å². The van der Waals surface area contributed by atoms with Gasteiger partial charge in [0.1, 0.15) is 0 Å². The number of anilines is 1. The van der Waals surface area contributed by atoms with E-state index >= 15 is 0 Å². The third-order valence-corrected chi connectivity index (χ3v) is 7.76. The summed E-state index contributed by atoms with van der Waals surface area (Å²) in [5.41, 5.74) is 2.35. The standard InChI is InChI=1S/C27H33N5O2S/c1-21(24-12-13-24)31(18-22-8-4-2-5-9-22)25(33)20-35-27-29-28-26(30-14-16-34-17-15-30)32(27)19-23-10-6-3-7-11-23/h2-11,21,24H,12-20H2,1H3/t21-/m0/s1. The van der Waals surface area contributed by atoms with Gasteiger partial charge in [-0.05, 0) is 36.8 Å². The van der Waals surface area contributed by atoms with Crippen LogP contribution in [0.4, 0.5) is 5.95 Å². The molecule has 0 spiro atoms. The van der Waals surface area contributed by atoms with Gasteiger partial charge in [-0.3, -0.25) is 9.36 Å². The molecule has 2 heterocycles. The highest BCUT2D eigenvalue weighted by Gasteiger charge is 2.34. The Morgan fingerprint density at radius 1 is 1.03 bits per heavy atom. The van der Waals surface area contributed by atoms with Gasteiger partial charge in [-0.15, -0.1) is 10.2 Å². The van der Waals surface area contributed by atoms with Crippen molar-refractivity contribution in [3.63, 3.8) is 0 Å². The molecule has 2 aliphatic rings. The van der Waals surface area contributed by atoms with Crippen LogP contribution in [0.5, 0.6) is 0 Å². The Hall–Kier alpha value is -2.84. The van der Waals surface area contributed by atoms with Crippen LogP contribution in [-0.4, -0.2) is 63.7 Å². The summed E-state index contributed by atoms with van der Waals surface area (Å²) in [5, 5.41) is 9.84. The van der Waals surface area contributed by atoms with Crippen molar-refractivity contribution in [1.82, 2.24) is 19.7 Å². The summed E-state index contributed by atoms with van der Waals surface area (Å²) >= 11 is 1.49. The Bertz CT molecular complexity index is 1100. The van der Waals surface area contributed by atoms with Crippen molar-refractivity contribution >= 4 is 23.6 Å². The maximum absolute atomic E-state index is 13.5. The zero-order valence-electron chi connectivity index (χ0n) is 20.3. The van der Waals surface area contributed by atoms with Crippen molar-refractivity contribution < 1.29 is 9.53 Å². The first-order valence-corrected chi connectivity index (χ1v) is 13.4. The SMILES string of the molecule is C[C@@H](C1CC1)N(Cc1ccccc1)C(=O)CSc1nnc(N2CCOCC2)n1Cc1ccccc1. The van der Waals surface area contributed by atoms with E-state index in [1.807, 2.05) is 36.4 Å². The van der Waals surface area contributed by atoms with E-state index in [1.54, 1.807) is 0 Å². The number of carbonyl (C=O) groups excluding carboxylic acids is 1. The minimum atomic E-state index is 0.153. The van der Waals surface area contributed by atoms with Gasteiger partial charge in [-0.2, -0.15) is 0 Å². The molecule has 1 atom stereocenters. The number of ether oxygens (including phenoxy) is 1. The molecule has 1 aliphatic carbocycles. The molecule has 5 rings (SSSR count). The second-order valence-electron chi connectivity index (χ2n) is 9.33. The van der Waals surface area contributed by atoms with Gasteiger partial charge in [0.25, 0.3) is 0 Å². The molecule has 0 unspecified atom stereocenters. The van der Waals surface area contributed by atoms with E-state index < -0.39 is 0 Å². The summed E-state index contributed by atoms with van der Waals surface area (Å²) in [4.78, 5) is 17.8. The maximum Gasteiger partial charge on any atom is 0.233 e. The molecule has 1 saturated carbocycles. The second kappa shape index (κ2) is 11.3. The highest BCUT2D eigenvalue weighted by Crippen LogP contribution is 2.36. The molecule has 1 aliphatic heterocycles. The van der Waals surface area contributed by atoms with Gasteiger partial charge in [0, 0.05) is 25.7 Å². The average Bonchev–Trinajstić information content (AvgIpc) is 3.69. The molecule has 0 bridgehead atoms. The quantitative estimate of drug-likeness (QED) is 0.398. The smallest absolute Gasteiger partial charge is 0.233 e. The molecule has 1 aromatic heterocycles. The second-order valence-corrected chi connectivity index (χ2v) is 10.3. The summed E-state index contributed by atoms with van der Waals surface area (Å²) in [6.07, 6.45) is 2.42. The Labute approximate surface area is 211 Å². The Morgan fingerprint density at radius 2 is 1.69 bits per heavy atom. The van der Waals surface area contributed by atoms with Crippen LogP contribution in [0.2, 0.25) is 0 Å². The number of aromatic nitrogens is 3. The van der Waals surface area contributed by atoms with Crippen molar-refractivity contribution in [3.05, 3.63) is 71.8 Å². The first-order chi connectivity index (χ1) is 17.2. The van der Waals surface area contributed by atoms with E-state index in [0.29, 0.717) is 38.0 Å². The molecule has 0 radical (unpaired) electrons. The van der Waals surface area contributed by atoms with E-state index in [9.17, 15) is 4.79 Å². The monoisotopic (exact) mass is 491 g/mol. The molecule has 2 aromatic carbocycles. The van der Waals surface area contributed by atoms with E-state index in [-0.39, 0.29) is 11.9 Å². The molecule has 35 heavy (non-hydrogen) atoms. The zero-order valence-corrected chi connectivity index (χ0v) is 21.1. The lowest BCUT2D eigenvalue weighted by molar-refractivity contribution is -0.131. The molecular weight excluding hydrogens is 458 g/mol. The van der Waals surface area contributed by atoms with Crippen molar-refractivity contribution in [2.24, 2.45) is 5.92 Å². The van der Waals surface area contributed by atoms with Crippen LogP contribution in [0.25, 0.3) is 0 Å². The number of morpholine rings is 1. The average molecular weight is 492 g/mol. The minimum Gasteiger partial charge on any atom is -0.378 e. The number of rotatable bonds is 10. The fraction of sp³-hybridized carbons (Fsp3) is 0.444. The largest absolute Gasteiger partial charge is 0.378 e. The number of hydrogen-bond donors (Lipinski definition) is 0. The fourth-order valence-electron chi connectivity index (χ4n) is 4.57. The topological polar surface area (TPSA) is 63.5 Å². The number of nitrogens with zero attached hydrogens (tertiary/aromatic N) is 5. The molecule has 8 heteroatoms. The van der Waals surface area contributed by atoms with Crippen molar-refractivity contribution in [1.29, 1.82) is 0 Å². The number of hydrogen-bond acceptors (Lipinski definition) is 6. The molecule has 3 aromatic rings. The third-order valence-electron chi connectivity index (χ3n) is 6.81. The van der Waals surface area contributed by atoms with Gasteiger partial charge in [0.15, 0.2) is 5.16 Å². The lowest BCUT2D eigenvalue weighted by Gasteiger charge is -2.30.